The lowest BCUT2D eigenvalue weighted by Gasteiger charge is -2.16. The number of rotatable bonds is 7. The van der Waals surface area contributed by atoms with Crippen molar-refractivity contribution in [2.24, 2.45) is 5.41 Å². The quantitative estimate of drug-likeness (QED) is 0.822. The highest BCUT2D eigenvalue weighted by molar-refractivity contribution is 5.90. The average molecular weight is 262 g/mol. The second-order valence-electron chi connectivity index (χ2n) is 5.10. The monoisotopic (exact) mass is 262 g/mol. The summed E-state index contributed by atoms with van der Waals surface area (Å²) < 4.78 is 5.49. The minimum Gasteiger partial charge on any atom is -0.493 e. The molecule has 1 radical (unpaired) electrons. The highest BCUT2D eigenvalue weighted by Crippen LogP contribution is 2.19. The molecule has 0 aliphatic rings. The van der Waals surface area contributed by atoms with Gasteiger partial charge < -0.3 is 10.1 Å². The van der Waals surface area contributed by atoms with Gasteiger partial charge in [0.1, 0.15) is 12.4 Å². The third kappa shape index (κ3) is 5.55. The van der Waals surface area contributed by atoms with Crippen LogP contribution in [0.25, 0.3) is 0 Å². The lowest BCUT2D eigenvalue weighted by Crippen LogP contribution is -2.22. The van der Waals surface area contributed by atoms with Gasteiger partial charge in [-0.05, 0) is 44.5 Å². The van der Waals surface area contributed by atoms with E-state index in [1.807, 2.05) is 13.2 Å². The smallest absolute Gasteiger partial charge is 0.224 e. The highest BCUT2D eigenvalue weighted by atomic mass is 16.5. The second kappa shape index (κ2) is 6.92. The number of anilines is 1. The van der Waals surface area contributed by atoms with Gasteiger partial charge in [-0.2, -0.15) is 0 Å². The standard InChI is InChI=1S/C15H20NO3/c1-4-5-14(18)16-12-6-8-13(9-7-12)19-11-15(2,3)10-17/h6-9H,4-5,11H2,1-3H3,(H,16,18). The Kier molecular flexibility index (Phi) is 5.55. The van der Waals surface area contributed by atoms with Gasteiger partial charge in [-0.3, -0.25) is 9.59 Å². The summed E-state index contributed by atoms with van der Waals surface area (Å²) in [5.41, 5.74) is 0.126. The third-order valence-electron chi connectivity index (χ3n) is 2.49. The van der Waals surface area contributed by atoms with Crippen molar-refractivity contribution in [3.63, 3.8) is 0 Å². The molecule has 103 valence electrons. The predicted octanol–water partition coefficient (Wildman–Crippen LogP) is 2.94. The van der Waals surface area contributed by atoms with Gasteiger partial charge in [0.15, 0.2) is 0 Å². The first-order valence-corrected chi connectivity index (χ1v) is 6.39. The van der Waals surface area contributed by atoms with Crippen LogP contribution < -0.4 is 10.1 Å². The molecule has 0 bridgehead atoms. The molecule has 0 aliphatic heterocycles. The Hall–Kier alpha value is -1.84. The maximum absolute atomic E-state index is 11.4. The van der Waals surface area contributed by atoms with Gasteiger partial charge in [-0.1, -0.05) is 6.92 Å². The zero-order valence-electron chi connectivity index (χ0n) is 11.7. The Morgan fingerprint density at radius 3 is 2.47 bits per heavy atom. The molecule has 0 heterocycles. The van der Waals surface area contributed by atoms with Crippen molar-refractivity contribution in [1.29, 1.82) is 0 Å². The van der Waals surface area contributed by atoms with E-state index in [9.17, 15) is 9.59 Å². The molecule has 0 atom stereocenters. The van der Waals surface area contributed by atoms with Gasteiger partial charge >= 0.3 is 0 Å². The molecule has 0 spiro atoms. The van der Waals surface area contributed by atoms with Crippen LogP contribution in [0, 0.1) is 5.41 Å². The Labute approximate surface area is 114 Å². The van der Waals surface area contributed by atoms with Gasteiger partial charge in [0, 0.05) is 12.1 Å². The zero-order chi connectivity index (χ0) is 14.3. The molecule has 0 saturated heterocycles. The number of hydrogen-bond donors (Lipinski definition) is 1. The summed E-state index contributed by atoms with van der Waals surface area (Å²) in [6, 6.07) is 7.09. The van der Waals surface area contributed by atoms with Crippen LogP contribution in [0.15, 0.2) is 24.3 Å². The van der Waals surface area contributed by atoms with Gasteiger partial charge in [-0.25, -0.2) is 0 Å². The van der Waals surface area contributed by atoms with Gasteiger partial charge in [-0.15, -0.1) is 0 Å². The average Bonchev–Trinajstić information content (AvgIpc) is 2.38. The van der Waals surface area contributed by atoms with E-state index >= 15 is 0 Å². The summed E-state index contributed by atoms with van der Waals surface area (Å²) >= 11 is 0. The van der Waals surface area contributed by atoms with E-state index < -0.39 is 5.41 Å². The maximum Gasteiger partial charge on any atom is 0.224 e. The van der Waals surface area contributed by atoms with Gasteiger partial charge in [0.2, 0.25) is 12.2 Å². The minimum atomic E-state index is -0.617. The molecule has 0 saturated carbocycles. The Bertz CT molecular complexity index is 424. The second-order valence-corrected chi connectivity index (χ2v) is 5.10. The molecule has 0 fully saturated rings. The normalized spacial score (nSPS) is 10.9. The topological polar surface area (TPSA) is 55.4 Å². The van der Waals surface area contributed by atoms with Crippen LogP contribution in [0.2, 0.25) is 0 Å². The largest absolute Gasteiger partial charge is 0.493 e. The summed E-state index contributed by atoms with van der Waals surface area (Å²) in [4.78, 5) is 22.0. The molecule has 0 aromatic heterocycles. The van der Waals surface area contributed by atoms with Crippen LogP contribution >= 0.6 is 0 Å². The fourth-order valence-electron chi connectivity index (χ4n) is 1.38. The van der Waals surface area contributed by atoms with Crippen LogP contribution in [-0.4, -0.2) is 18.8 Å². The Balaban J connectivity index is 2.52. The summed E-state index contributed by atoms with van der Waals surface area (Å²) in [6.07, 6.45) is 3.27. The number of ether oxygens (including phenoxy) is 1. The van der Waals surface area contributed by atoms with Gasteiger partial charge in [0.25, 0.3) is 0 Å². The van der Waals surface area contributed by atoms with E-state index in [1.54, 1.807) is 38.1 Å². The van der Waals surface area contributed by atoms with Crippen molar-refractivity contribution in [3.05, 3.63) is 24.3 Å². The molecule has 1 amide bonds. The van der Waals surface area contributed by atoms with Crippen LogP contribution in [0.5, 0.6) is 5.75 Å². The predicted molar refractivity (Wildman–Crippen MR) is 74.9 cm³/mol. The number of benzene rings is 1. The molecule has 1 aromatic carbocycles. The van der Waals surface area contributed by atoms with Crippen LogP contribution in [0.3, 0.4) is 0 Å². The number of hydrogen-bond acceptors (Lipinski definition) is 3. The molecule has 0 unspecified atom stereocenters. The molecule has 1 rings (SSSR count). The van der Waals surface area contributed by atoms with E-state index in [0.717, 1.165) is 12.1 Å². The first-order valence-electron chi connectivity index (χ1n) is 6.39. The van der Waals surface area contributed by atoms with Crippen molar-refractivity contribution in [2.75, 3.05) is 11.9 Å². The lowest BCUT2D eigenvalue weighted by atomic mass is 9.98. The molecule has 1 N–H and O–H groups in total. The fourth-order valence-corrected chi connectivity index (χ4v) is 1.38. The molecular formula is C15H20NO3. The van der Waals surface area contributed by atoms with Crippen LogP contribution in [-0.2, 0) is 9.59 Å². The number of carbonyl (C=O) groups is 1. The van der Waals surface area contributed by atoms with Crippen molar-refractivity contribution in [3.8, 4) is 5.75 Å². The summed E-state index contributed by atoms with van der Waals surface area (Å²) in [7, 11) is 0. The number of amides is 1. The van der Waals surface area contributed by atoms with Crippen molar-refractivity contribution in [2.45, 2.75) is 33.6 Å². The molecule has 19 heavy (non-hydrogen) atoms. The third-order valence-corrected chi connectivity index (χ3v) is 2.49. The molecule has 4 nitrogen and oxygen atoms in total. The SMILES string of the molecule is CCCC(=O)Nc1ccc(OCC(C)(C)[C]=O)cc1. The molecule has 4 heteroatoms. The van der Waals surface area contributed by atoms with Crippen LogP contribution in [0.1, 0.15) is 33.6 Å². The van der Waals surface area contributed by atoms with Crippen LogP contribution in [0.4, 0.5) is 5.69 Å². The Morgan fingerprint density at radius 1 is 1.32 bits per heavy atom. The molecule has 1 aromatic rings. The van der Waals surface area contributed by atoms with E-state index in [0.29, 0.717) is 12.2 Å². The molecular weight excluding hydrogens is 242 g/mol. The van der Waals surface area contributed by atoms with E-state index in [1.165, 1.54) is 0 Å². The lowest BCUT2D eigenvalue weighted by molar-refractivity contribution is -0.116. The molecule has 0 aliphatic carbocycles. The van der Waals surface area contributed by atoms with E-state index in [-0.39, 0.29) is 12.5 Å². The van der Waals surface area contributed by atoms with Gasteiger partial charge in [0.05, 0.1) is 5.41 Å². The number of carbonyl (C=O) groups excluding carboxylic acids is 2. The van der Waals surface area contributed by atoms with Crippen molar-refractivity contribution in [1.82, 2.24) is 0 Å². The maximum atomic E-state index is 11.4. The summed E-state index contributed by atoms with van der Waals surface area (Å²) in [5.74, 6) is 0.671. The van der Waals surface area contributed by atoms with E-state index in [4.69, 9.17) is 4.74 Å². The Morgan fingerprint density at radius 2 is 1.95 bits per heavy atom. The zero-order valence-corrected chi connectivity index (χ0v) is 11.7. The first kappa shape index (κ1) is 15.2. The van der Waals surface area contributed by atoms with Crippen molar-refractivity contribution >= 4 is 17.9 Å². The van der Waals surface area contributed by atoms with E-state index in [2.05, 4.69) is 5.32 Å². The summed E-state index contributed by atoms with van der Waals surface area (Å²) in [6.45, 7) is 5.76. The number of nitrogens with one attached hydrogen (secondary N) is 1. The van der Waals surface area contributed by atoms with Crippen molar-refractivity contribution < 1.29 is 14.3 Å². The highest BCUT2D eigenvalue weighted by Gasteiger charge is 2.18. The summed E-state index contributed by atoms with van der Waals surface area (Å²) in [5, 5.41) is 2.80. The fraction of sp³-hybridized carbons (Fsp3) is 0.467. The minimum absolute atomic E-state index is 0.00727. The first-order chi connectivity index (χ1) is 8.96.